The van der Waals surface area contributed by atoms with E-state index in [0.717, 1.165) is 12.1 Å². The first-order chi connectivity index (χ1) is 9.54. The number of alkyl halides is 3. The molecule has 0 radical (unpaired) electrons. The first-order valence-electron chi connectivity index (χ1n) is 7.35. The van der Waals surface area contributed by atoms with Gasteiger partial charge in [-0.1, -0.05) is 6.42 Å². The van der Waals surface area contributed by atoms with Gasteiger partial charge >= 0.3 is 6.18 Å². The zero-order valence-electron chi connectivity index (χ0n) is 11.4. The summed E-state index contributed by atoms with van der Waals surface area (Å²) in [5, 5.41) is 3.29. The monoisotopic (exact) mass is 287 g/mol. The molecule has 6 heteroatoms. The Bertz CT molecular complexity index is 451. The predicted molar refractivity (Wildman–Crippen MR) is 69.1 cm³/mol. The van der Waals surface area contributed by atoms with E-state index >= 15 is 0 Å². The Morgan fingerprint density at radius 3 is 2.75 bits per heavy atom. The van der Waals surface area contributed by atoms with Gasteiger partial charge in [-0.25, -0.2) is 4.98 Å². The minimum Gasteiger partial charge on any atom is -0.330 e. The summed E-state index contributed by atoms with van der Waals surface area (Å²) in [5.74, 6) is -1.14. The fourth-order valence-corrected chi connectivity index (χ4v) is 3.07. The average molecular weight is 287 g/mol. The van der Waals surface area contributed by atoms with Crippen molar-refractivity contribution in [3.63, 3.8) is 0 Å². The molecule has 2 aliphatic rings. The number of hydrogen-bond acceptors (Lipinski definition) is 2. The lowest BCUT2D eigenvalue weighted by atomic mass is 9.85. The summed E-state index contributed by atoms with van der Waals surface area (Å²) < 4.78 is 40.4. The van der Waals surface area contributed by atoms with Gasteiger partial charge < -0.3 is 9.88 Å². The maximum absolute atomic E-state index is 12.8. The van der Waals surface area contributed by atoms with E-state index in [4.69, 9.17) is 0 Å². The molecular formula is C14H20F3N3. The fourth-order valence-electron chi connectivity index (χ4n) is 3.07. The van der Waals surface area contributed by atoms with Gasteiger partial charge in [-0.2, -0.15) is 13.2 Å². The van der Waals surface area contributed by atoms with Crippen LogP contribution in [0.3, 0.4) is 0 Å². The number of nitrogens with zero attached hydrogens (tertiary/aromatic N) is 2. The highest BCUT2D eigenvalue weighted by atomic mass is 19.4. The van der Waals surface area contributed by atoms with E-state index in [1.165, 1.54) is 12.8 Å². The molecule has 2 unspecified atom stereocenters. The Labute approximate surface area is 116 Å². The molecule has 20 heavy (non-hydrogen) atoms. The van der Waals surface area contributed by atoms with Gasteiger partial charge in [0.15, 0.2) is 0 Å². The molecule has 112 valence electrons. The Morgan fingerprint density at radius 1 is 1.25 bits per heavy atom. The maximum Gasteiger partial charge on any atom is 0.391 e. The van der Waals surface area contributed by atoms with Crippen LogP contribution >= 0.6 is 0 Å². The van der Waals surface area contributed by atoms with Crippen molar-refractivity contribution in [2.45, 2.75) is 63.3 Å². The normalized spacial score (nSPS) is 27.8. The van der Waals surface area contributed by atoms with Gasteiger partial charge in [-0.05, 0) is 32.1 Å². The van der Waals surface area contributed by atoms with E-state index in [-0.39, 0.29) is 18.9 Å². The van der Waals surface area contributed by atoms with E-state index in [9.17, 15) is 13.2 Å². The molecular weight excluding hydrogens is 267 g/mol. The molecule has 2 atom stereocenters. The number of aromatic nitrogens is 2. The quantitative estimate of drug-likeness (QED) is 0.919. The summed E-state index contributed by atoms with van der Waals surface area (Å²) in [7, 11) is 0. The van der Waals surface area contributed by atoms with Crippen LogP contribution in [0.1, 0.15) is 50.3 Å². The SMILES string of the molecule is FC(F)(F)C1CCCC(NCc2cncn2C2CC2)C1. The van der Waals surface area contributed by atoms with E-state index in [1.54, 1.807) is 0 Å². The topological polar surface area (TPSA) is 29.9 Å². The second-order valence-electron chi connectivity index (χ2n) is 6.01. The first-order valence-corrected chi connectivity index (χ1v) is 7.35. The lowest BCUT2D eigenvalue weighted by Crippen LogP contribution is -2.38. The van der Waals surface area contributed by atoms with Gasteiger partial charge in [-0.3, -0.25) is 0 Å². The molecule has 0 aliphatic heterocycles. The van der Waals surface area contributed by atoms with Crippen molar-refractivity contribution >= 4 is 0 Å². The maximum atomic E-state index is 12.8. The second kappa shape index (κ2) is 5.39. The molecule has 1 aromatic rings. The first kappa shape index (κ1) is 13.9. The van der Waals surface area contributed by atoms with Crippen LogP contribution in [0.15, 0.2) is 12.5 Å². The molecule has 3 nitrogen and oxygen atoms in total. The van der Waals surface area contributed by atoms with E-state index in [1.807, 2.05) is 12.5 Å². The molecule has 1 aromatic heterocycles. The van der Waals surface area contributed by atoms with Crippen molar-refractivity contribution in [1.82, 2.24) is 14.9 Å². The molecule has 3 rings (SSSR count). The van der Waals surface area contributed by atoms with Gasteiger partial charge in [-0.15, -0.1) is 0 Å². The van der Waals surface area contributed by atoms with E-state index in [0.29, 0.717) is 19.0 Å². The van der Waals surface area contributed by atoms with Crippen LogP contribution in [0.4, 0.5) is 13.2 Å². The lowest BCUT2D eigenvalue weighted by Gasteiger charge is -2.31. The van der Waals surface area contributed by atoms with Crippen molar-refractivity contribution in [3.8, 4) is 0 Å². The minimum absolute atomic E-state index is 0.0297. The number of imidazole rings is 1. The lowest BCUT2D eigenvalue weighted by molar-refractivity contribution is -0.183. The third-order valence-electron chi connectivity index (χ3n) is 4.40. The molecule has 2 aliphatic carbocycles. The third kappa shape index (κ3) is 3.16. The molecule has 2 saturated carbocycles. The Morgan fingerprint density at radius 2 is 2.05 bits per heavy atom. The van der Waals surface area contributed by atoms with Gasteiger partial charge in [0.25, 0.3) is 0 Å². The van der Waals surface area contributed by atoms with Crippen molar-refractivity contribution in [2.75, 3.05) is 0 Å². The van der Waals surface area contributed by atoms with Crippen LogP contribution in [-0.2, 0) is 6.54 Å². The predicted octanol–water partition coefficient (Wildman–Crippen LogP) is 3.43. The molecule has 0 amide bonds. The van der Waals surface area contributed by atoms with Gasteiger partial charge in [0.1, 0.15) is 0 Å². The number of halogens is 3. The largest absolute Gasteiger partial charge is 0.391 e. The third-order valence-corrected chi connectivity index (χ3v) is 4.40. The number of rotatable bonds is 4. The minimum atomic E-state index is -4.05. The zero-order chi connectivity index (χ0) is 14.2. The van der Waals surface area contributed by atoms with Crippen molar-refractivity contribution < 1.29 is 13.2 Å². The summed E-state index contributed by atoms with van der Waals surface area (Å²) >= 11 is 0. The highest BCUT2D eigenvalue weighted by molar-refractivity contribution is 5.03. The summed E-state index contributed by atoms with van der Waals surface area (Å²) in [6, 6.07) is 0.529. The molecule has 0 saturated heterocycles. The summed E-state index contributed by atoms with van der Waals surface area (Å²) in [6.07, 6.45) is 3.95. The molecule has 1 N–H and O–H groups in total. The van der Waals surface area contributed by atoms with Crippen LogP contribution in [0, 0.1) is 5.92 Å². The molecule has 0 spiro atoms. The molecule has 0 bridgehead atoms. The van der Waals surface area contributed by atoms with Gasteiger partial charge in [0.2, 0.25) is 0 Å². The van der Waals surface area contributed by atoms with Crippen LogP contribution in [0.5, 0.6) is 0 Å². The Kier molecular flexibility index (Phi) is 3.75. The van der Waals surface area contributed by atoms with Crippen LogP contribution in [0.25, 0.3) is 0 Å². The molecule has 2 fully saturated rings. The Balaban J connectivity index is 1.54. The average Bonchev–Trinajstić information content (AvgIpc) is 3.15. The van der Waals surface area contributed by atoms with Gasteiger partial charge in [0.05, 0.1) is 17.9 Å². The zero-order valence-corrected chi connectivity index (χ0v) is 11.4. The summed E-state index contributed by atoms with van der Waals surface area (Å²) in [4.78, 5) is 4.14. The molecule has 1 heterocycles. The highest BCUT2D eigenvalue weighted by Crippen LogP contribution is 2.38. The standard InChI is InChI=1S/C14H20F3N3/c15-14(16,17)10-2-1-3-11(6-10)19-8-13-7-18-9-20(13)12-4-5-12/h7,9-12,19H,1-6,8H2. The fraction of sp³-hybridized carbons (Fsp3) is 0.786. The van der Waals surface area contributed by atoms with Crippen LogP contribution in [0.2, 0.25) is 0 Å². The van der Waals surface area contributed by atoms with E-state index in [2.05, 4.69) is 14.9 Å². The Hall–Kier alpha value is -1.04. The number of hydrogen-bond donors (Lipinski definition) is 1. The van der Waals surface area contributed by atoms with E-state index < -0.39 is 12.1 Å². The number of nitrogens with one attached hydrogen (secondary N) is 1. The smallest absolute Gasteiger partial charge is 0.330 e. The summed E-state index contributed by atoms with van der Waals surface area (Å²) in [6.45, 7) is 0.617. The summed E-state index contributed by atoms with van der Waals surface area (Å²) in [5.41, 5.74) is 1.08. The highest BCUT2D eigenvalue weighted by Gasteiger charge is 2.42. The van der Waals surface area contributed by atoms with Crippen LogP contribution in [-0.4, -0.2) is 21.8 Å². The van der Waals surface area contributed by atoms with Crippen LogP contribution < -0.4 is 5.32 Å². The van der Waals surface area contributed by atoms with Crippen molar-refractivity contribution in [1.29, 1.82) is 0 Å². The van der Waals surface area contributed by atoms with Crippen molar-refractivity contribution in [2.24, 2.45) is 5.92 Å². The van der Waals surface area contributed by atoms with Crippen molar-refractivity contribution in [3.05, 3.63) is 18.2 Å². The molecule has 0 aromatic carbocycles. The van der Waals surface area contributed by atoms with Gasteiger partial charge in [0, 0.05) is 24.8 Å². The second-order valence-corrected chi connectivity index (χ2v) is 6.01.